The van der Waals surface area contributed by atoms with E-state index in [1.54, 1.807) is 0 Å². The molecule has 15 heavy (non-hydrogen) atoms. The zero-order valence-corrected chi connectivity index (χ0v) is 12.2. The number of hydrogen-bond acceptors (Lipinski definition) is 1. The van der Waals surface area contributed by atoms with E-state index >= 15 is 0 Å². The fourth-order valence-electron chi connectivity index (χ4n) is 1.96. The van der Waals surface area contributed by atoms with Crippen molar-refractivity contribution in [1.29, 1.82) is 0 Å². The molecule has 1 radical (unpaired) electrons. The van der Waals surface area contributed by atoms with Crippen LogP contribution in [0, 0.1) is 0 Å². The van der Waals surface area contributed by atoms with Crippen molar-refractivity contribution in [3.63, 3.8) is 0 Å². The van der Waals surface area contributed by atoms with E-state index in [1.165, 1.54) is 44.9 Å². The first kappa shape index (κ1) is 15.5. The van der Waals surface area contributed by atoms with Gasteiger partial charge in [-0.3, -0.25) is 4.79 Å². The predicted octanol–water partition coefficient (Wildman–Crippen LogP) is 2.64. The van der Waals surface area contributed by atoms with Crippen LogP contribution in [0.5, 0.6) is 0 Å². The quantitative estimate of drug-likeness (QED) is 0.625. The van der Waals surface area contributed by atoms with Gasteiger partial charge in [-0.15, -0.1) is 0 Å². The van der Waals surface area contributed by atoms with Crippen LogP contribution in [0.4, 0.5) is 0 Å². The van der Waals surface area contributed by atoms with Gasteiger partial charge >= 0.3 is 0 Å². The molecule has 1 aliphatic heterocycles. The number of amides is 1. The van der Waals surface area contributed by atoms with Gasteiger partial charge in [0.05, 0.1) is 0 Å². The number of rotatable bonds is 0. The zero-order chi connectivity index (χ0) is 10.1. The summed E-state index contributed by atoms with van der Waals surface area (Å²) in [6, 6.07) is 0. The SMILES string of the molecule is O=C1CCCCCCCCCCCN1.[Na]. The van der Waals surface area contributed by atoms with E-state index in [0.29, 0.717) is 0 Å². The molecule has 1 aliphatic rings. The van der Waals surface area contributed by atoms with Crippen molar-refractivity contribution in [2.75, 3.05) is 6.54 Å². The van der Waals surface area contributed by atoms with Crippen molar-refractivity contribution < 1.29 is 4.79 Å². The van der Waals surface area contributed by atoms with Crippen LogP contribution in [0.3, 0.4) is 0 Å². The largest absolute Gasteiger partial charge is 0.356 e. The average molecular weight is 220 g/mol. The first-order valence-electron chi connectivity index (χ1n) is 6.16. The Morgan fingerprint density at radius 1 is 0.733 bits per heavy atom. The number of nitrogens with one attached hydrogen (secondary N) is 1. The monoisotopic (exact) mass is 220 g/mol. The van der Waals surface area contributed by atoms with Crippen molar-refractivity contribution >= 4 is 35.5 Å². The van der Waals surface area contributed by atoms with Crippen molar-refractivity contribution in [1.82, 2.24) is 5.32 Å². The van der Waals surface area contributed by atoms with Crippen LogP contribution in [0.15, 0.2) is 0 Å². The van der Waals surface area contributed by atoms with Crippen LogP contribution in [0.1, 0.15) is 64.2 Å². The summed E-state index contributed by atoms with van der Waals surface area (Å²) in [4.78, 5) is 11.3. The summed E-state index contributed by atoms with van der Waals surface area (Å²) >= 11 is 0. The third-order valence-electron chi connectivity index (χ3n) is 2.90. The molecule has 0 atom stereocenters. The predicted molar refractivity (Wildman–Crippen MR) is 64.9 cm³/mol. The van der Waals surface area contributed by atoms with Crippen LogP contribution >= 0.6 is 0 Å². The van der Waals surface area contributed by atoms with Crippen LogP contribution in [-0.2, 0) is 4.79 Å². The molecule has 1 heterocycles. The molecule has 1 fully saturated rings. The van der Waals surface area contributed by atoms with E-state index in [9.17, 15) is 4.79 Å². The maximum atomic E-state index is 11.3. The molecular formula is C12H23NNaO. The average Bonchev–Trinajstić information content (AvgIpc) is 2.20. The van der Waals surface area contributed by atoms with Gasteiger partial charge in [-0.1, -0.05) is 44.9 Å². The van der Waals surface area contributed by atoms with E-state index in [1.807, 2.05) is 0 Å². The molecule has 0 unspecified atom stereocenters. The Bertz CT molecular complexity index is 146. The van der Waals surface area contributed by atoms with Crippen LogP contribution in [0.2, 0.25) is 0 Å². The van der Waals surface area contributed by atoms with Crippen molar-refractivity contribution in [3.05, 3.63) is 0 Å². The molecule has 1 saturated heterocycles. The molecule has 83 valence electrons. The number of carbonyl (C=O) groups is 1. The van der Waals surface area contributed by atoms with E-state index < -0.39 is 0 Å². The summed E-state index contributed by atoms with van der Waals surface area (Å²) in [6.07, 6.45) is 12.3. The molecule has 0 aromatic heterocycles. The van der Waals surface area contributed by atoms with Crippen molar-refractivity contribution in [2.45, 2.75) is 64.2 Å². The Morgan fingerprint density at radius 2 is 1.20 bits per heavy atom. The Hall–Kier alpha value is 0.470. The molecule has 0 saturated carbocycles. The van der Waals surface area contributed by atoms with Crippen LogP contribution < -0.4 is 5.32 Å². The molecule has 0 aromatic carbocycles. The number of carbonyl (C=O) groups excluding carboxylic acids is 1. The summed E-state index contributed by atoms with van der Waals surface area (Å²) in [7, 11) is 0. The molecular weight excluding hydrogens is 197 g/mol. The minimum absolute atomic E-state index is 0. The maximum Gasteiger partial charge on any atom is 0.219 e. The number of hydrogen-bond donors (Lipinski definition) is 1. The summed E-state index contributed by atoms with van der Waals surface area (Å²) in [6.45, 7) is 0.888. The summed E-state index contributed by atoms with van der Waals surface area (Å²) < 4.78 is 0. The summed E-state index contributed by atoms with van der Waals surface area (Å²) in [5, 5.41) is 2.98. The Balaban J connectivity index is 0.00000196. The second-order valence-corrected chi connectivity index (χ2v) is 4.28. The van der Waals surface area contributed by atoms with Crippen LogP contribution in [0.25, 0.3) is 0 Å². The van der Waals surface area contributed by atoms with Gasteiger partial charge < -0.3 is 5.32 Å². The third kappa shape index (κ3) is 9.40. The summed E-state index contributed by atoms with van der Waals surface area (Å²) in [5.41, 5.74) is 0. The topological polar surface area (TPSA) is 29.1 Å². The van der Waals surface area contributed by atoms with Gasteiger partial charge in [0.1, 0.15) is 0 Å². The Kier molecular flexibility index (Phi) is 11.3. The molecule has 2 nitrogen and oxygen atoms in total. The summed E-state index contributed by atoms with van der Waals surface area (Å²) in [5.74, 6) is 0.254. The fraction of sp³-hybridized carbons (Fsp3) is 0.917. The minimum atomic E-state index is 0. The molecule has 0 bridgehead atoms. The van der Waals surface area contributed by atoms with Gasteiger partial charge in [0.25, 0.3) is 0 Å². The second-order valence-electron chi connectivity index (χ2n) is 4.28. The normalized spacial score (nSPS) is 21.2. The molecule has 3 heteroatoms. The van der Waals surface area contributed by atoms with E-state index in [0.717, 1.165) is 25.8 Å². The van der Waals surface area contributed by atoms with Crippen molar-refractivity contribution in [3.8, 4) is 0 Å². The van der Waals surface area contributed by atoms with Crippen LogP contribution in [-0.4, -0.2) is 42.0 Å². The molecule has 1 amide bonds. The second kappa shape index (κ2) is 11.0. The standard InChI is InChI=1S/C12H23NO.Na/c14-12-10-8-6-4-2-1-3-5-7-9-11-13-12;/h1-11H2,(H,13,14);. The van der Waals surface area contributed by atoms with Gasteiger partial charge in [-0.25, -0.2) is 0 Å². The maximum absolute atomic E-state index is 11.3. The van der Waals surface area contributed by atoms with Gasteiger partial charge in [0.15, 0.2) is 0 Å². The minimum Gasteiger partial charge on any atom is -0.356 e. The third-order valence-corrected chi connectivity index (χ3v) is 2.90. The smallest absolute Gasteiger partial charge is 0.219 e. The molecule has 1 rings (SSSR count). The zero-order valence-electron chi connectivity index (χ0n) is 10.2. The Morgan fingerprint density at radius 3 is 1.80 bits per heavy atom. The van der Waals surface area contributed by atoms with Gasteiger partial charge in [-0.2, -0.15) is 0 Å². The molecule has 0 aliphatic carbocycles. The fourth-order valence-corrected chi connectivity index (χ4v) is 1.96. The van der Waals surface area contributed by atoms with E-state index in [2.05, 4.69) is 5.32 Å². The first-order chi connectivity index (χ1) is 6.89. The van der Waals surface area contributed by atoms with Gasteiger partial charge in [-0.05, 0) is 12.8 Å². The van der Waals surface area contributed by atoms with E-state index in [4.69, 9.17) is 0 Å². The molecule has 1 N–H and O–H groups in total. The first-order valence-corrected chi connectivity index (χ1v) is 6.16. The Labute approximate surface area is 116 Å². The molecule has 0 spiro atoms. The van der Waals surface area contributed by atoms with Gasteiger partial charge in [0.2, 0.25) is 5.91 Å². The molecule has 0 aromatic rings. The van der Waals surface area contributed by atoms with Gasteiger partial charge in [0, 0.05) is 42.5 Å². The van der Waals surface area contributed by atoms with E-state index in [-0.39, 0.29) is 35.5 Å². The van der Waals surface area contributed by atoms with Crippen molar-refractivity contribution in [2.24, 2.45) is 0 Å².